The molecule has 1 heterocycles. The number of H-pyrrole nitrogens is 1. The summed E-state index contributed by atoms with van der Waals surface area (Å²) in [6.45, 7) is 0. The van der Waals surface area contributed by atoms with E-state index in [1.807, 2.05) is 0 Å². The maximum atomic E-state index is 11.8. The largest absolute Gasteiger partial charge is 0.495 e. The molecule has 0 aliphatic heterocycles. The third-order valence-electron chi connectivity index (χ3n) is 4.70. The fraction of sp³-hybridized carbons (Fsp3) is 0.200. The molecule has 11 heteroatoms. The number of pyridine rings is 1. The summed E-state index contributed by atoms with van der Waals surface area (Å²) in [5, 5.41) is 3.24. The second kappa shape index (κ2) is 13.2. The summed E-state index contributed by atoms with van der Waals surface area (Å²) < 4.78 is 23.9. The Labute approximate surface area is 206 Å². The van der Waals surface area contributed by atoms with Gasteiger partial charge in [-0.25, -0.2) is 14.4 Å². The van der Waals surface area contributed by atoms with Gasteiger partial charge in [0.15, 0.2) is 5.43 Å². The smallest absolute Gasteiger partial charge is 0.354 e. The van der Waals surface area contributed by atoms with Gasteiger partial charge in [-0.3, -0.25) is 4.79 Å². The fourth-order valence-electron chi connectivity index (χ4n) is 2.96. The van der Waals surface area contributed by atoms with Crippen LogP contribution in [0, 0.1) is 0 Å². The van der Waals surface area contributed by atoms with Gasteiger partial charge in [0.1, 0.15) is 22.9 Å². The number of hydrogen-bond donors (Lipinski definition) is 2. The summed E-state index contributed by atoms with van der Waals surface area (Å²) in [7, 11) is 6.70. The monoisotopic (exact) mass is 498 g/mol. The molecule has 0 fully saturated rings. The maximum absolute atomic E-state index is 11.8. The lowest BCUT2D eigenvalue weighted by atomic mass is 10.2. The quantitative estimate of drug-likeness (QED) is 0.284. The first-order valence-electron chi connectivity index (χ1n) is 10.4. The third kappa shape index (κ3) is 6.86. The first-order valence-corrected chi connectivity index (χ1v) is 10.4. The molecular weight excluding hydrogens is 472 g/mol. The number of ether oxygens (including phenoxy) is 5. The Kier molecular flexibility index (Phi) is 10.0. The molecule has 1 aromatic heterocycles. The van der Waals surface area contributed by atoms with E-state index in [0.717, 1.165) is 6.08 Å². The van der Waals surface area contributed by atoms with Gasteiger partial charge < -0.3 is 34.0 Å². The Bertz CT molecular complexity index is 1330. The lowest BCUT2D eigenvalue weighted by Gasteiger charge is -2.12. The van der Waals surface area contributed by atoms with Gasteiger partial charge in [-0.15, -0.1) is 0 Å². The molecule has 0 aliphatic carbocycles. The van der Waals surface area contributed by atoms with E-state index in [1.165, 1.54) is 41.6 Å². The van der Waals surface area contributed by atoms with Crippen LogP contribution in [0.1, 0.15) is 10.5 Å². The first kappa shape index (κ1) is 27.4. The Balaban J connectivity index is 0.000000255. The molecule has 0 atom stereocenters. The second-order valence-corrected chi connectivity index (χ2v) is 6.82. The first-order chi connectivity index (χ1) is 17.3. The van der Waals surface area contributed by atoms with Gasteiger partial charge in [-0.1, -0.05) is 18.2 Å². The number of fused-ring (bicyclic) bond motifs is 1. The zero-order valence-corrected chi connectivity index (χ0v) is 20.4. The third-order valence-corrected chi connectivity index (χ3v) is 4.70. The fourth-order valence-corrected chi connectivity index (χ4v) is 2.96. The number of esters is 3. The van der Waals surface area contributed by atoms with Crippen LogP contribution in [0.5, 0.6) is 11.5 Å². The number of para-hydroxylation sites is 3. The van der Waals surface area contributed by atoms with Gasteiger partial charge in [0.2, 0.25) is 0 Å². The molecule has 0 spiro atoms. The highest BCUT2D eigenvalue weighted by Gasteiger charge is 2.14. The molecule has 0 unspecified atom stereocenters. The predicted octanol–water partition coefficient (Wildman–Crippen LogP) is 2.66. The van der Waals surface area contributed by atoms with Crippen molar-refractivity contribution in [3.63, 3.8) is 0 Å². The Morgan fingerprint density at radius 3 is 2.11 bits per heavy atom. The van der Waals surface area contributed by atoms with Crippen molar-refractivity contribution in [1.82, 2.24) is 4.98 Å². The van der Waals surface area contributed by atoms with Gasteiger partial charge >= 0.3 is 17.9 Å². The molecule has 0 saturated carbocycles. The number of rotatable bonds is 7. The van der Waals surface area contributed by atoms with Crippen LogP contribution in [0.4, 0.5) is 5.69 Å². The number of aromatic nitrogens is 1. The molecule has 2 N–H and O–H groups in total. The molecule has 0 aliphatic rings. The maximum Gasteiger partial charge on any atom is 0.354 e. The topological polar surface area (TPSA) is 142 Å². The van der Waals surface area contributed by atoms with Crippen LogP contribution in [0.2, 0.25) is 0 Å². The average molecular weight is 498 g/mol. The van der Waals surface area contributed by atoms with Crippen LogP contribution in [-0.4, -0.2) is 58.4 Å². The van der Waals surface area contributed by atoms with Crippen molar-refractivity contribution in [3.05, 3.63) is 76.2 Å². The minimum absolute atomic E-state index is 0.0427. The van der Waals surface area contributed by atoms with Crippen molar-refractivity contribution >= 4 is 34.5 Å². The van der Waals surface area contributed by atoms with Crippen molar-refractivity contribution in [2.75, 3.05) is 40.9 Å². The van der Waals surface area contributed by atoms with Gasteiger partial charge in [0.05, 0.1) is 52.8 Å². The average Bonchev–Trinajstić information content (AvgIpc) is 2.91. The van der Waals surface area contributed by atoms with E-state index in [-0.39, 0.29) is 16.8 Å². The highest BCUT2D eigenvalue weighted by atomic mass is 16.5. The van der Waals surface area contributed by atoms with Crippen molar-refractivity contribution in [1.29, 1.82) is 0 Å². The van der Waals surface area contributed by atoms with Gasteiger partial charge in [-0.2, -0.15) is 0 Å². The number of anilines is 1. The second-order valence-electron chi connectivity index (χ2n) is 6.82. The van der Waals surface area contributed by atoms with Crippen LogP contribution in [-0.2, 0) is 23.8 Å². The number of carbonyl (C=O) groups excluding carboxylic acids is 3. The lowest BCUT2D eigenvalue weighted by Crippen LogP contribution is -2.15. The van der Waals surface area contributed by atoms with Crippen LogP contribution >= 0.6 is 0 Å². The highest BCUT2D eigenvalue weighted by Crippen LogP contribution is 2.25. The van der Waals surface area contributed by atoms with E-state index < -0.39 is 17.9 Å². The van der Waals surface area contributed by atoms with Crippen LogP contribution in [0.15, 0.2) is 65.1 Å². The van der Waals surface area contributed by atoms with E-state index >= 15 is 0 Å². The van der Waals surface area contributed by atoms with Gasteiger partial charge in [-0.05, 0) is 24.3 Å². The summed E-state index contributed by atoms with van der Waals surface area (Å²) in [6.07, 6.45) is 1.01. The number of carbonyl (C=O) groups is 3. The molecule has 0 saturated heterocycles. The van der Waals surface area contributed by atoms with Crippen molar-refractivity contribution < 1.29 is 38.1 Å². The number of hydrogen-bond acceptors (Lipinski definition) is 10. The molecule has 3 aromatic rings. The SMILES string of the molecule is COC(=O)/C=C(/Nc1ccccc1OC)C(=O)OC.COC(=O)c1cc(=O)c2cccc(OC)c2[nH]1. The van der Waals surface area contributed by atoms with E-state index in [9.17, 15) is 19.2 Å². The van der Waals surface area contributed by atoms with Gasteiger partial charge in [0.25, 0.3) is 0 Å². The van der Waals surface area contributed by atoms with E-state index in [4.69, 9.17) is 9.47 Å². The zero-order valence-electron chi connectivity index (χ0n) is 20.4. The Morgan fingerprint density at radius 1 is 0.833 bits per heavy atom. The zero-order chi connectivity index (χ0) is 26.7. The lowest BCUT2D eigenvalue weighted by molar-refractivity contribution is -0.138. The van der Waals surface area contributed by atoms with Crippen LogP contribution in [0.25, 0.3) is 10.9 Å². The van der Waals surface area contributed by atoms with Crippen LogP contribution in [0.3, 0.4) is 0 Å². The van der Waals surface area contributed by atoms with E-state index in [0.29, 0.717) is 28.1 Å². The number of methoxy groups -OCH3 is 5. The summed E-state index contributed by atoms with van der Waals surface area (Å²) in [6, 6.07) is 13.3. The summed E-state index contributed by atoms with van der Waals surface area (Å²) in [5.41, 5.74) is 0.833. The molecule has 0 bridgehead atoms. The predicted molar refractivity (Wildman–Crippen MR) is 131 cm³/mol. The molecule has 0 amide bonds. The van der Waals surface area contributed by atoms with Gasteiger partial charge in [0, 0.05) is 11.5 Å². The molecule has 3 rings (SSSR count). The normalized spacial score (nSPS) is 10.4. The molecule has 0 radical (unpaired) electrons. The minimum Gasteiger partial charge on any atom is -0.495 e. The Hall–Kier alpha value is -4.80. The molecule has 36 heavy (non-hydrogen) atoms. The highest BCUT2D eigenvalue weighted by molar-refractivity contribution is 5.99. The molecule has 2 aromatic carbocycles. The van der Waals surface area contributed by atoms with Crippen molar-refractivity contribution in [2.45, 2.75) is 0 Å². The number of nitrogens with one attached hydrogen (secondary N) is 2. The molecular formula is C25H26N2O9. The number of aromatic amines is 1. The van der Waals surface area contributed by atoms with Crippen LogP contribution < -0.4 is 20.2 Å². The minimum atomic E-state index is -0.684. The molecule has 11 nitrogen and oxygen atoms in total. The van der Waals surface area contributed by atoms with E-state index in [2.05, 4.69) is 24.5 Å². The molecule has 190 valence electrons. The standard InChI is InChI=1S/C13H15NO5.C12H11NO4/c1-17-11-7-5-4-6-9(11)14-10(13(16)19-3)8-12(15)18-2;1-16-10-5-3-4-7-9(14)6-8(12(15)17-2)13-11(7)10/h4-8,14H,1-3H3;3-6H,1-2H3,(H,13,14)/b10-8+;. The number of benzene rings is 2. The van der Waals surface area contributed by atoms with Crippen molar-refractivity contribution in [2.24, 2.45) is 0 Å². The summed E-state index contributed by atoms with van der Waals surface area (Å²) in [4.78, 5) is 48.8. The van der Waals surface area contributed by atoms with E-state index in [1.54, 1.807) is 42.5 Å². The Morgan fingerprint density at radius 2 is 1.50 bits per heavy atom. The summed E-state index contributed by atoms with van der Waals surface area (Å²) >= 11 is 0. The van der Waals surface area contributed by atoms with Crippen molar-refractivity contribution in [3.8, 4) is 11.5 Å². The summed E-state index contributed by atoms with van der Waals surface area (Å²) in [5.74, 6) is -0.901.